The number of urea groups is 1. The molecule has 1 atom stereocenters. The number of carbonyl (C=O) groups excluding carboxylic acids is 3. The Morgan fingerprint density at radius 1 is 1.12 bits per heavy atom. The lowest BCUT2D eigenvalue weighted by molar-refractivity contribution is -0.124. The van der Waals surface area contributed by atoms with Crippen LogP contribution in [0.1, 0.15) is 25.7 Å². The highest BCUT2D eigenvalue weighted by Gasteiger charge is 2.28. The minimum atomic E-state index is -0.693. The third kappa shape index (κ3) is 4.46. The van der Waals surface area contributed by atoms with Gasteiger partial charge in [0.25, 0.3) is 0 Å². The highest BCUT2D eigenvalue weighted by molar-refractivity contribution is 5.98. The topological polar surface area (TPSA) is 90.5 Å². The maximum Gasteiger partial charge on any atom is 0.322 e. The van der Waals surface area contributed by atoms with Crippen LogP contribution in [0.5, 0.6) is 0 Å². The Labute approximate surface area is 144 Å². The van der Waals surface area contributed by atoms with Crippen LogP contribution in [-0.4, -0.2) is 43.0 Å². The van der Waals surface area contributed by atoms with E-state index in [4.69, 9.17) is 0 Å². The molecule has 2 heterocycles. The van der Waals surface area contributed by atoms with E-state index < -0.39 is 12.1 Å². The summed E-state index contributed by atoms with van der Waals surface area (Å²) in [7, 11) is 0. The molecule has 0 bridgehead atoms. The molecule has 0 saturated carbocycles. The molecule has 2 fully saturated rings. The fourth-order valence-electron chi connectivity index (χ4n) is 3.16. The quantitative estimate of drug-likeness (QED) is 0.757. The Morgan fingerprint density at radius 3 is 2.48 bits per heavy atom. The van der Waals surface area contributed by atoms with Crippen molar-refractivity contribution < 1.29 is 18.8 Å². The van der Waals surface area contributed by atoms with Crippen molar-refractivity contribution in [1.29, 1.82) is 0 Å². The first kappa shape index (κ1) is 17.2. The predicted molar refractivity (Wildman–Crippen MR) is 89.5 cm³/mol. The zero-order valence-electron chi connectivity index (χ0n) is 13.8. The maximum absolute atomic E-state index is 13.0. The average Bonchev–Trinajstić information content (AvgIpc) is 2.77. The number of carbonyl (C=O) groups is 3. The van der Waals surface area contributed by atoms with Crippen LogP contribution in [0.3, 0.4) is 0 Å². The van der Waals surface area contributed by atoms with Crippen molar-refractivity contribution in [2.24, 2.45) is 0 Å². The third-order valence-electron chi connectivity index (χ3n) is 4.57. The first-order chi connectivity index (χ1) is 12.0. The van der Waals surface area contributed by atoms with E-state index in [1.54, 1.807) is 12.1 Å². The Kier molecular flexibility index (Phi) is 5.16. The molecule has 2 aliphatic heterocycles. The van der Waals surface area contributed by atoms with Gasteiger partial charge in [-0.05, 0) is 43.5 Å². The van der Waals surface area contributed by atoms with E-state index in [2.05, 4.69) is 20.9 Å². The molecule has 134 valence electrons. The van der Waals surface area contributed by atoms with Crippen molar-refractivity contribution in [2.75, 3.05) is 18.0 Å². The van der Waals surface area contributed by atoms with Crippen molar-refractivity contribution in [2.45, 2.75) is 37.8 Å². The van der Waals surface area contributed by atoms with E-state index in [1.807, 2.05) is 0 Å². The fraction of sp³-hybridized carbons (Fsp3) is 0.471. The summed E-state index contributed by atoms with van der Waals surface area (Å²) < 4.78 is 13.0. The number of anilines is 1. The second kappa shape index (κ2) is 7.50. The number of halogens is 1. The van der Waals surface area contributed by atoms with E-state index >= 15 is 0 Å². The zero-order chi connectivity index (χ0) is 17.8. The Balaban J connectivity index is 1.50. The van der Waals surface area contributed by atoms with Gasteiger partial charge in [-0.25, -0.2) is 9.18 Å². The molecule has 2 aliphatic rings. The van der Waals surface area contributed by atoms with Gasteiger partial charge < -0.3 is 15.5 Å². The zero-order valence-corrected chi connectivity index (χ0v) is 13.8. The maximum atomic E-state index is 13.0. The summed E-state index contributed by atoms with van der Waals surface area (Å²) in [6.07, 6.45) is 1.96. The molecule has 1 aromatic carbocycles. The summed E-state index contributed by atoms with van der Waals surface area (Å²) in [5, 5.41) is 7.62. The van der Waals surface area contributed by atoms with Crippen LogP contribution < -0.4 is 20.9 Å². The van der Waals surface area contributed by atoms with Gasteiger partial charge in [-0.3, -0.25) is 14.9 Å². The van der Waals surface area contributed by atoms with Crippen LogP contribution in [0, 0.1) is 5.82 Å². The van der Waals surface area contributed by atoms with Gasteiger partial charge >= 0.3 is 6.03 Å². The smallest absolute Gasteiger partial charge is 0.322 e. The second-order valence-electron chi connectivity index (χ2n) is 6.36. The SMILES string of the molecule is O=C1CCC(C(=O)NC2CCN(c3ccc(F)cc3)CC2)NC(=O)N1. The molecule has 1 aromatic rings. The average molecular weight is 348 g/mol. The first-order valence-corrected chi connectivity index (χ1v) is 8.42. The minimum Gasteiger partial charge on any atom is -0.371 e. The Hall–Kier alpha value is -2.64. The van der Waals surface area contributed by atoms with E-state index in [-0.39, 0.29) is 36.5 Å². The first-order valence-electron chi connectivity index (χ1n) is 8.42. The number of amides is 4. The molecule has 0 aromatic heterocycles. The van der Waals surface area contributed by atoms with Crippen LogP contribution in [0.15, 0.2) is 24.3 Å². The molecule has 1 unspecified atom stereocenters. The molecule has 0 radical (unpaired) electrons. The number of nitrogens with one attached hydrogen (secondary N) is 3. The molecular weight excluding hydrogens is 327 g/mol. The number of benzene rings is 1. The van der Waals surface area contributed by atoms with Crippen molar-refractivity contribution >= 4 is 23.5 Å². The van der Waals surface area contributed by atoms with E-state index in [0.29, 0.717) is 0 Å². The lowest BCUT2D eigenvalue weighted by atomic mass is 10.0. The van der Waals surface area contributed by atoms with Gasteiger partial charge in [-0.2, -0.15) is 0 Å². The van der Waals surface area contributed by atoms with Crippen LogP contribution in [0.25, 0.3) is 0 Å². The number of hydrogen-bond donors (Lipinski definition) is 3. The lowest BCUT2D eigenvalue weighted by Gasteiger charge is -2.34. The van der Waals surface area contributed by atoms with Gasteiger partial charge in [0.1, 0.15) is 11.9 Å². The monoisotopic (exact) mass is 348 g/mol. The van der Waals surface area contributed by atoms with Gasteiger partial charge in [-0.15, -0.1) is 0 Å². The molecule has 0 spiro atoms. The molecule has 7 nitrogen and oxygen atoms in total. The van der Waals surface area contributed by atoms with Gasteiger partial charge in [0, 0.05) is 31.2 Å². The van der Waals surface area contributed by atoms with Crippen LogP contribution in [0.2, 0.25) is 0 Å². The molecule has 4 amide bonds. The third-order valence-corrected chi connectivity index (χ3v) is 4.57. The summed E-state index contributed by atoms with van der Waals surface area (Å²) >= 11 is 0. The van der Waals surface area contributed by atoms with Gasteiger partial charge in [0.15, 0.2) is 0 Å². The number of imide groups is 1. The predicted octanol–water partition coefficient (Wildman–Crippen LogP) is 0.899. The van der Waals surface area contributed by atoms with Crippen LogP contribution in [-0.2, 0) is 9.59 Å². The van der Waals surface area contributed by atoms with Gasteiger partial charge in [0.2, 0.25) is 11.8 Å². The summed E-state index contributed by atoms with van der Waals surface area (Å²) in [6, 6.07) is 5.07. The fourth-order valence-corrected chi connectivity index (χ4v) is 3.16. The van der Waals surface area contributed by atoms with Crippen LogP contribution >= 0.6 is 0 Å². The number of piperidine rings is 1. The largest absolute Gasteiger partial charge is 0.371 e. The summed E-state index contributed by atoms with van der Waals surface area (Å²) in [5.74, 6) is -0.894. The molecular formula is C17H21FN4O3. The van der Waals surface area contributed by atoms with Gasteiger partial charge in [0.05, 0.1) is 0 Å². The van der Waals surface area contributed by atoms with Crippen molar-refractivity contribution in [3.05, 3.63) is 30.1 Å². The standard InChI is InChI=1S/C17H21FN4O3/c18-11-1-3-13(4-2-11)22-9-7-12(8-10-22)19-16(24)14-5-6-15(23)21-17(25)20-14/h1-4,12,14H,5-10H2,(H,19,24)(H2,20,21,23,25). The number of hydrogen-bond acceptors (Lipinski definition) is 4. The van der Waals surface area contributed by atoms with E-state index in [0.717, 1.165) is 31.6 Å². The summed E-state index contributed by atoms with van der Waals surface area (Å²) in [6.45, 7) is 1.52. The van der Waals surface area contributed by atoms with Crippen LogP contribution in [0.4, 0.5) is 14.9 Å². The molecule has 3 rings (SSSR count). The minimum absolute atomic E-state index is 0.0213. The van der Waals surface area contributed by atoms with Gasteiger partial charge in [-0.1, -0.05) is 0 Å². The Morgan fingerprint density at radius 2 is 1.80 bits per heavy atom. The lowest BCUT2D eigenvalue weighted by Crippen LogP contribution is -2.52. The number of nitrogens with zero attached hydrogens (tertiary/aromatic N) is 1. The highest BCUT2D eigenvalue weighted by atomic mass is 19.1. The van der Waals surface area contributed by atoms with Crippen molar-refractivity contribution in [3.8, 4) is 0 Å². The molecule has 3 N–H and O–H groups in total. The summed E-state index contributed by atoms with van der Waals surface area (Å²) in [4.78, 5) is 37.3. The highest BCUT2D eigenvalue weighted by Crippen LogP contribution is 2.20. The summed E-state index contributed by atoms with van der Waals surface area (Å²) in [5.41, 5.74) is 0.965. The molecule has 2 saturated heterocycles. The molecule has 0 aliphatic carbocycles. The van der Waals surface area contributed by atoms with E-state index in [1.165, 1.54) is 12.1 Å². The molecule has 8 heteroatoms. The van der Waals surface area contributed by atoms with Crippen molar-refractivity contribution in [1.82, 2.24) is 16.0 Å². The second-order valence-corrected chi connectivity index (χ2v) is 6.36. The Bertz CT molecular complexity index is 656. The normalized spacial score (nSPS) is 22.0. The molecule has 25 heavy (non-hydrogen) atoms. The van der Waals surface area contributed by atoms with E-state index in [9.17, 15) is 18.8 Å². The van der Waals surface area contributed by atoms with Crippen molar-refractivity contribution in [3.63, 3.8) is 0 Å². The number of rotatable bonds is 3.